The molecule has 2 amide bonds. The number of carbonyl (C=O) groups excluding carboxylic acids is 2. The lowest BCUT2D eigenvalue weighted by Gasteiger charge is -2.21. The maximum atomic E-state index is 12.2. The fourth-order valence-electron chi connectivity index (χ4n) is 3.77. The number of nitrogens with one attached hydrogen (secondary N) is 1. The first-order chi connectivity index (χ1) is 14.5. The van der Waals surface area contributed by atoms with Crippen LogP contribution in [0.25, 0.3) is 11.1 Å². The molecule has 0 radical (unpaired) electrons. The van der Waals surface area contributed by atoms with Crippen molar-refractivity contribution in [1.29, 1.82) is 0 Å². The van der Waals surface area contributed by atoms with Crippen LogP contribution in [0.15, 0.2) is 48.5 Å². The first kappa shape index (κ1) is 21.4. The van der Waals surface area contributed by atoms with Gasteiger partial charge in [-0.15, -0.1) is 0 Å². The van der Waals surface area contributed by atoms with Gasteiger partial charge in [0.25, 0.3) is 0 Å². The highest BCUT2D eigenvalue weighted by Crippen LogP contribution is 2.44. The number of fused-ring (bicyclic) bond motifs is 3. The van der Waals surface area contributed by atoms with Crippen molar-refractivity contribution in [2.24, 2.45) is 0 Å². The minimum atomic E-state index is -1.08. The van der Waals surface area contributed by atoms with Crippen molar-refractivity contribution in [2.75, 3.05) is 26.2 Å². The molecule has 30 heavy (non-hydrogen) atoms. The minimum Gasteiger partial charge on any atom is -0.480 e. The Morgan fingerprint density at radius 2 is 1.63 bits per heavy atom. The van der Waals surface area contributed by atoms with E-state index in [-0.39, 0.29) is 44.5 Å². The molecule has 0 unspecified atom stereocenters. The molecular formula is C23H26N2O5. The Morgan fingerprint density at radius 1 is 1.03 bits per heavy atom. The number of alkyl carbamates (subject to hydrolysis) is 1. The minimum absolute atomic E-state index is 0.0298. The fraction of sp³-hybridized carbons (Fsp3) is 0.348. The van der Waals surface area contributed by atoms with E-state index in [4.69, 9.17) is 9.84 Å². The molecule has 0 fully saturated rings. The number of carboxylic acids is 1. The number of carbonyl (C=O) groups is 3. The summed E-state index contributed by atoms with van der Waals surface area (Å²) < 4.78 is 5.44. The van der Waals surface area contributed by atoms with Gasteiger partial charge in [-0.25, -0.2) is 4.79 Å². The van der Waals surface area contributed by atoms with Gasteiger partial charge in [-0.1, -0.05) is 55.5 Å². The largest absolute Gasteiger partial charge is 0.480 e. The van der Waals surface area contributed by atoms with E-state index in [0.717, 1.165) is 22.3 Å². The van der Waals surface area contributed by atoms with Crippen LogP contribution in [-0.4, -0.2) is 54.2 Å². The first-order valence-electron chi connectivity index (χ1n) is 10.1. The molecule has 158 valence electrons. The Balaban J connectivity index is 1.54. The number of amides is 2. The molecule has 1 aliphatic rings. The number of benzene rings is 2. The molecule has 2 aromatic rings. The van der Waals surface area contributed by atoms with E-state index in [0.29, 0.717) is 6.42 Å². The topological polar surface area (TPSA) is 95.9 Å². The summed E-state index contributed by atoms with van der Waals surface area (Å²) >= 11 is 0. The van der Waals surface area contributed by atoms with Gasteiger partial charge in [0.2, 0.25) is 5.91 Å². The van der Waals surface area contributed by atoms with Crippen LogP contribution < -0.4 is 5.32 Å². The molecule has 0 atom stereocenters. The lowest BCUT2D eigenvalue weighted by molar-refractivity contribution is -0.144. The fourth-order valence-corrected chi connectivity index (χ4v) is 3.77. The summed E-state index contributed by atoms with van der Waals surface area (Å²) in [6.45, 7) is 1.92. The second-order valence-electron chi connectivity index (χ2n) is 7.21. The molecule has 1 aliphatic carbocycles. The van der Waals surface area contributed by atoms with Crippen LogP contribution in [0, 0.1) is 0 Å². The summed E-state index contributed by atoms with van der Waals surface area (Å²) in [6, 6.07) is 16.2. The number of nitrogens with zero attached hydrogens (tertiary/aromatic N) is 1. The van der Waals surface area contributed by atoms with Crippen LogP contribution in [0.1, 0.15) is 36.8 Å². The second-order valence-corrected chi connectivity index (χ2v) is 7.21. The quantitative estimate of drug-likeness (QED) is 0.662. The monoisotopic (exact) mass is 410 g/mol. The van der Waals surface area contributed by atoms with Crippen LogP contribution in [0.4, 0.5) is 4.79 Å². The van der Waals surface area contributed by atoms with Gasteiger partial charge in [-0.05, 0) is 28.7 Å². The van der Waals surface area contributed by atoms with Gasteiger partial charge >= 0.3 is 12.1 Å². The Bertz CT molecular complexity index is 882. The highest BCUT2D eigenvalue weighted by atomic mass is 16.5. The van der Waals surface area contributed by atoms with Gasteiger partial charge in [0.05, 0.1) is 0 Å². The maximum absolute atomic E-state index is 12.2. The predicted octanol–water partition coefficient (Wildman–Crippen LogP) is 3.24. The van der Waals surface area contributed by atoms with Gasteiger partial charge < -0.3 is 20.1 Å². The van der Waals surface area contributed by atoms with Crippen molar-refractivity contribution in [1.82, 2.24) is 10.2 Å². The molecule has 2 N–H and O–H groups in total. The molecule has 0 spiro atoms. The molecular weight excluding hydrogens is 384 g/mol. The molecule has 0 heterocycles. The summed E-state index contributed by atoms with van der Waals surface area (Å²) in [5.41, 5.74) is 4.57. The third kappa shape index (κ3) is 4.97. The van der Waals surface area contributed by atoms with Gasteiger partial charge in [0, 0.05) is 25.4 Å². The Hall–Kier alpha value is -3.35. The van der Waals surface area contributed by atoms with E-state index in [1.54, 1.807) is 0 Å². The van der Waals surface area contributed by atoms with E-state index in [2.05, 4.69) is 17.4 Å². The van der Waals surface area contributed by atoms with Gasteiger partial charge in [-0.3, -0.25) is 9.59 Å². The molecule has 0 aliphatic heterocycles. The highest BCUT2D eigenvalue weighted by Gasteiger charge is 2.29. The molecule has 2 aromatic carbocycles. The lowest BCUT2D eigenvalue weighted by Crippen LogP contribution is -2.41. The normalized spacial score (nSPS) is 12.0. The van der Waals surface area contributed by atoms with E-state index >= 15 is 0 Å². The molecule has 0 saturated carbocycles. The summed E-state index contributed by atoms with van der Waals surface area (Å²) in [4.78, 5) is 36.4. The maximum Gasteiger partial charge on any atom is 0.407 e. The van der Waals surface area contributed by atoms with Crippen molar-refractivity contribution >= 4 is 18.0 Å². The van der Waals surface area contributed by atoms with Crippen molar-refractivity contribution < 1.29 is 24.2 Å². The third-order valence-electron chi connectivity index (χ3n) is 5.14. The van der Waals surface area contributed by atoms with Crippen LogP contribution in [-0.2, 0) is 14.3 Å². The molecule has 0 saturated heterocycles. The first-order valence-corrected chi connectivity index (χ1v) is 10.1. The SMILES string of the molecule is CCCC(=O)N(CCNC(=O)OCC1c2ccccc2-c2ccccc21)CC(=O)O. The van der Waals surface area contributed by atoms with E-state index in [1.165, 1.54) is 4.90 Å². The number of rotatable bonds is 9. The van der Waals surface area contributed by atoms with Gasteiger partial charge in [0.1, 0.15) is 13.2 Å². The Kier molecular flexibility index (Phi) is 7.06. The third-order valence-corrected chi connectivity index (χ3v) is 5.14. The average Bonchev–Trinajstić information content (AvgIpc) is 3.05. The molecule has 7 nitrogen and oxygen atoms in total. The highest BCUT2D eigenvalue weighted by molar-refractivity contribution is 5.81. The van der Waals surface area contributed by atoms with Crippen molar-refractivity contribution in [3.63, 3.8) is 0 Å². The smallest absolute Gasteiger partial charge is 0.407 e. The van der Waals surface area contributed by atoms with E-state index in [1.807, 2.05) is 43.3 Å². The standard InChI is InChI=1S/C23H26N2O5/c1-2-7-21(26)25(14-22(27)28)13-12-24-23(29)30-15-20-18-10-5-3-8-16(18)17-9-4-6-11-19(17)20/h3-6,8-11,20H,2,7,12-15H2,1H3,(H,24,29)(H,27,28). The van der Waals surface area contributed by atoms with E-state index in [9.17, 15) is 14.4 Å². The van der Waals surface area contributed by atoms with Crippen molar-refractivity contribution in [2.45, 2.75) is 25.7 Å². The zero-order valence-electron chi connectivity index (χ0n) is 17.0. The second kappa shape index (κ2) is 9.91. The van der Waals surface area contributed by atoms with Gasteiger partial charge in [0.15, 0.2) is 0 Å². The van der Waals surface area contributed by atoms with Crippen LogP contribution in [0.3, 0.4) is 0 Å². The van der Waals surface area contributed by atoms with Crippen LogP contribution in [0.2, 0.25) is 0 Å². The zero-order chi connectivity index (χ0) is 21.5. The molecule has 0 bridgehead atoms. The number of aliphatic carboxylic acids is 1. The number of carboxylic acid groups (broad SMARTS) is 1. The van der Waals surface area contributed by atoms with Gasteiger partial charge in [-0.2, -0.15) is 0 Å². The van der Waals surface area contributed by atoms with Crippen LogP contribution in [0.5, 0.6) is 0 Å². The molecule has 3 rings (SSSR count). The summed E-state index contributed by atoms with van der Waals surface area (Å²) in [5.74, 6) is -1.35. The molecule has 0 aromatic heterocycles. The predicted molar refractivity (Wildman–Crippen MR) is 112 cm³/mol. The van der Waals surface area contributed by atoms with Crippen LogP contribution >= 0.6 is 0 Å². The summed E-state index contributed by atoms with van der Waals surface area (Å²) in [6.07, 6.45) is 0.322. The number of hydrogen-bond acceptors (Lipinski definition) is 4. The molecule has 7 heteroatoms. The zero-order valence-corrected chi connectivity index (χ0v) is 17.0. The van der Waals surface area contributed by atoms with Crippen molar-refractivity contribution in [3.8, 4) is 11.1 Å². The summed E-state index contributed by atoms with van der Waals surface area (Å²) in [7, 11) is 0. The lowest BCUT2D eigenvalue weighted by atomic mass is 9.98. The number of hydrogen-bond donors (Lipinski definition) is 2. The Labute approximate surface area is 175 Å². The summed E-state index contributed by atoms with van der Waals surface area (Å²) in [5, 5.41) is 11.6. The average molecular weight is 410 g/mol. The Morgan fingerprint density at radius 3 is 2.20 bits per heavy atom. The van der Waals surface area contributed by atoms with Crippen molar-refractivity contribution in [3.05, 3.63) is 59.7 Å². The number of ether oxygens (including phenoxy) is 1. The van der Waals surface area contributed by atoms with E-state index < -0.39 is 12.1 Å².